The summed E-state index contributed by atoms with van der Waals surface area (Å²) in [6.07, 6.45) is 8.04. The highest BCUT2D eigenvalue weighted by molar-refractivity contribution is 5.97. The van der Waals surface area contributed by atoms with E-state index in [9.17, 15) is 9.59 Å². The lowest BCUT2D eigenvalue weighted by atomic mass is 9.93. The third-order valence-corrected chi connectivity index (χ3v) is 5.57. The van der Waals surface area contributed by atoms with Gasteiger partial charge in [0.15, 0.2) is 5.82 Å². The second kappa shape index (κ2) is 6.68. The van der Waals surface area contributed by atoms with Crippen LogP contribution in [0.2, 0.25) is 0 Å². The minimum Gasteiger partial charge on any atom is -0.341 e. The van der Waals surface area contributed by atoms with Crippen molar-refractivity contribution in [1.29, 1.82) is 0 Å². The molecule has 8 nitrogen and oxygen atoms in total. The first kappa shape index (κ1) is 17.0. The Kier molecular flexibility index (Phi) is 4.36. The van der Waals surface area contributed by atoms with Gasteiger partial charge in [-0.2, -0.15) is 10.2 Å². The molecule has 1 unspecified atom stereocenters. The van der Waals surface area contributed by atoms with Crippen LogP contribution in [-0.4, -0.2) is 53.6 Å². The largest absolute Gasteiger partial charge is 0.341 e. The van der Waals surface area contributed by atoms with Crippen molar-refractivity contribution in [2.75, 3.05) is 24.8 Å². The quantitative estimate of drug-likeness (QED) is 0.837. The molecule has 0 aromatic carbocycles. The van der Waals surface area contributed by atoms with E-state index in [2.05, 4.69) is 20.8 Å². The highest BCUT2D eigenvalue weighted by Gasteiger charge is 2.45. The van der Waals surface area contributed by atoms with Crippen molar-refractivity contribution in [1.82, 2.24) is 20.6 Å². The van der Waals surface area contributed by atoms with Crippen LogP contribution in [0.25, 0.3) is 0 Å². The summed E-state index contributed by atoms with van der Waals surface area (Å²) >= 11 is 0. The number of amides is 2. The molecule has 0 bridgehead atoms. The molecular weight excluding hydrogens is 332 g/mol. The van der Waals surface area contributed by atoms with E-state index in [1.807, 2.05) is 4.90 Å². The van der Waals surface area contributed by atoms with Crippen molar-refractivity contribution in [3.63, 3.8) is 0 Å². The molecule has 1 aromatic heterocycles. The van der Waals surface area contributed by atoms with Gasteiger partial charge in [-0.1, -0.05) is 0 Å². The highest BCUT2D eigenvalue weighted by atomic mass is 16.2. The summed E-state index contributed by atoms with van der Waals surface area (Å²) in [5.74, 6) is 0.314. The summed E-state index contributed by atoms with van der Waals surface area (Å²) in [6.45, 7) is 4.00. The van der Waals surface area contributed by atoms with Crippen LogP contribution in [0.15, 0.2) is 23.4 Å². The van der Waals surface area contributed by atoms with Crippen molar-refractivity contribution in [2.24, 2.45) is 10.5 Å². The zero-order valence-electron chi connectivity index (χ0n) is 14.9. The molecular formula is C18H24N6O2. The fourth-order valence-corrected chi connectivity index (χ4v) is 3.57. The number of likely N-dealkylation sites (tertiary alicyclic amines) is 1. The molecule has 8 heteroatoms. The molecule has 2 N–H and O–H groups in total. The lowest BCUT2D eigenvalue weighted by molar-refractivity contribution is -0.134. The molecule has 3 heterocycles. The number of aromatic nitrogens is 1. The van der Waals surface area contributed by atoms with Gasteiger partial charge < -0.3 is 10.2 Å². The van der Waals surface area contributed by atoms with Crippen LogP contribution in [0.3, 0.4) is 0 Å². The number of hydrazine groups is 1. The summed E-state index contributed by atoms with van der Waals surface area (Å²) in [5.41, 5.74) is 3.97. The van der Waals surface area contributed by atoms with Gasteiger partial charge in [-0.25, -0.2) is 10.4 Å². The molecule has 4 rings (SSSR count). The summed E-state index contributed by atoms with van der Waals surface area (Å²) < 4.78 is 0. The van der Waals surface area contributed by atoms with Crippen molar-refractivity contribution in [2.45, 2.75) is 38.6 Å². The van der Waals surface area contributed by atoms with Gasteiger partial charge in [-0.3, -0.25) is 9.59 Å². The fraction of sp³-hybridized carbons (Fsp3) is 0.556. The Morgan fingerprint density at radius 2 is 2.00 bits per heavy atom. The molecule has 1 saturated heterocycles. The average molecular weight is 356 g/mol. The third kappa shape index (κ3) is 3.41. The molecule has 1 aliphatic carbocycles. The second-order valence-electron chi connectivity index (χ2n) is 7.40. The SMILES string of the molecule is CC(NC(=O)c1ccc(N2N=CCN2)nc1)C(=O)N1CCC2(CC1)CC2. The van der Waals surface area contributed by atoms with Crippen LogP contribution in [0.4, 0.5) is 5.82 Å². The van der Waals surface area contributed by atoms with Gasteiger partial charge >= 0.3 is 0 Å². The normalized spacial score (nSPS) is 21.7. The Bertz CT molecular complexity index is 718. The zero-order chi connectivity index (χ0) is 18.1. The van der Waals surface area contributed by atoms with E-state index in [1.165, 1.54) is 19.0 Å². The minimum atomic E-state index is -0.541. The number of hydrogen-bond donors (Lipinski definition) is 2. The maximum Gasteiger partial charge on any atom is 0.253 e. The second-order valence-corrected chi connectivity index (χ2v) is 7.40. The molecule has 2 aliphatic heterocycles. The molecule has 1 saturated carbocycles. The molecule has 1 aromatic rings. The fourth-order valence-electron chi connectivity index (χ4n) is 3.57. The summed E-state index contributed by atoms with van der Waals surface area (Å²) in [6, 6.07) is 2.86. The highest BCUT2D eigenvalue weighted by Crippen LogP contribution is 2.53. The van der Waals surface area contributed by atoms with Gasteiger partial charge in [0.05, 0.1) is 12.1 Å². The van der Waals surface area contributed by atoms with Crippen LogP contribution in [0, 0.1) is 5.41 Å². The van der Waals surface area contributed by atoms with Crippen molar-refractivity contribution in [3.8, 4) is 0 Å². The maximum atomic E-state index is 12.6. The molecule has 1 atom stereocenters. The Morgan fingerprint density at radius 1 is 1.23 bits per heavy atom. The lowest BCUT2D eigenvalue weighted by Crippen LogP contribution is -2.49. The number of carbonyl (C=O) groups excluding carboxylic acids is 2. The average Bonchev–Trinajstić information content (AvgIpc) is 3.20. The van der Waals surface area contributed by atoms with Crippen LogP contribution >= 0.6 is 0 Å². The van der Waals surface area contributed by atoms with Gasteiger partial charge in [0, 0.05) is 25.5 Å². The van der Waals surface area contributed by atoms with Gasteiger partial charge in [0.25, 0.3) is 5.91 Å². The van der Waals surface area contributed by atoms with Crippen LogP contribution in [0.5, 0.6) is 0 Å². The summed E-state index contributed by atoms with van der Waals surface area (Å²) in [5, 5.41) is 8.44. The number of hydrazone groups is 1. The summed E-state index contributed by atoms with van der Waals surface area (Å²) in [4.78, 5) is 31.1. The van der Waals surface area contributed by atoms with Gasteiger partial charge in [-0.05, 0) is 50.2 Å². The van der Waals surface area contributed by atoms with Gasteiger partial charge in [0.1, 0.15) is 6.04 Å². The number of piperidine rings is 1. The number of hydrogen-bond acceptors (Lipinski definition) is 6. The monoisotopic (exact) mass is 356 g/mol. The Balaban J connectivity index is 1.31. The number of pyridine rings is 1. The molecule has 3 aliphatic rings. The first-order valence-corrected chi connectivity index (χ1v) is 9.18. The van der Waals surface area contributed by atoms with Crippen LogP contribution < -0.4 is 15.9 Å². The van der Waals surface area contributed by atoms with E-state index in [0.29, 0.717) is 23.3 Å². The predicted octanol–water partition coefficient (Wildman–Crippen LogP) is 0.913. The molecule has 2 fully saturated rings. The Labute approximate surface area is 152 Å². The number of anilines is 1. The Hall–Kier alpha value is -2.48. The zero-order valence-corrected chi connectivity index (χ0v) is 14.9. The number of carbonyl (C=O) groups is 2. The maximum absolute atomic E-state index is 12.6. The predicted molar refractivity (Wildman–Crippen MR) is 97.6 cm³/mol. The van der Waals surface area contributed by atoms with Crippen LogP contribution in [-0.2, 0) is 4.79 Å². The topological polar surface area (TPSA) is 89.9 Å². The smallest absolute Gasteiger partial charge is 0.253 e. The molecule has 138 valence electrons. The molecule has 2 amide bonds. The van der Waals surface area contributed by atoms with E-state index in [1.54, 1.807) is 30.4 Å². The standard InChI is InChI=1S/C18H24N6O2/c1-13(17(26)23-10-6-18(4-5-18)7-11-23)22-16(25)14-2-3-15(19-12-14)24-20-8-9-21-24/h2-3,8,12-13,21H,4-7,9-11H2,1H3,(H,22,25). The first-order chi connectivity index (χ1) is 12.6. The summed E-state index contributed by atoms with van der Waals surface area (Å²) in [7, 11) is 0. The van der Waals surface area contributed by atoms with E-state index in [4.69, 9.17) is 0 Å². The molecule has 0 radical (unpaired) electrons. The first-order valence-electron chi connectivity index (χ1n) is 9.18. The number of nitrogens with one attached hydrogen (secondary N) is 2. The minimum absolute atomic E-state index is 0.00552. The van der Waals surface area contributed by atoms with E-state index >= 15 is 0 Å². The number of rotatable bonds is 4. The van der Waals surface area contributed by atoms with Crippen molar-refractivity contribution < 1.29 is 9.59 Å². The van der Waals surface area contributed by atoms with Gasteiger partial charge in [-0.15, -0.1) is 0 Å². The van der Waals surface area contributed by atoms with E-state index < -0.39 is 6.04 Å². The van der Waals surface area contributed by atoms with E-state index in [-0.39, 0.29) is 11.8 Å². The number of nitrogens with zero attached hydrogens (tertiary/aromatic N) is 4. The van der Waals surface area contributed by atoms with E-state index in [0.717, 1.165) is 25.9 Å². The molecule has 26 heavy (non-hydrogen) atoms. The third-order valence-electron chi connectivity index (χ3n) is 5.57. The van der Waals surface area contributed by atoms with Crippen molar-refractivity contribution >= 4 is 23.8 Å². The van der Waals surface area contributed by atoms with Gasteiger partial charge in [0.2, 0.25) is 5.91 Å². The Morgan fingerprint density at radius 3 is 2.58 bits per heavy atom. The molecule has 1 spiro atoms. The van der Waals surface area contributed by atoms with Crippen LogP contribution in [0.1, 0.15) is 43.0 Å². The van der Waals surface area contributed by atoms with Crippen molar-refractivity contribution in [3.05, 3.63) is 23.9 Å². The lowest BCUT2D eigenvalue weighted by Gasteiger charge is -2.33.